The zero-order valence-electron chi connectivity index (χ0n) is 23.8. The van der Waals surface area contributed by atoms with Crippen molar-refractivity contribution in [1.82, 2.24) is 0 Å². The second-order valence-corrected chi connectivity index (χ2v) is 14.0. The molecular formula is C31H36O9. The molecule has 2 saturated carbocycles. The Morgan fingerprint density at radius 2 is 1.88 bits per heavy atom. The second kappa shape index (κ2) is 7.53. The fourth-order valence-electron chi connectivity index (χ4n) is 10.0. The first-order valence-electron chi connectivity index (χ1n) is 14.3. The first kappa shape index (κ1) is 26.1. The number of ketones is 2. The van der Waals surface area contributed by atoms with Gasteiger partial charge in [0.15, 0.2) is 29.9 Å². The van der Waals surface area contributed by atoms with E-state index < -0.39 is 68.9 Å². The standard InChI is InChI=1S/C31H36O9/c1-16(2)14-20(33)38-23-21(34)30-19(32)10-12-29(30,15-37-26(30,3)4)18-9-11-27(5)22(17-8-7-13-36-17)39-25(35)24-31(27,40-24)28(18,23)6/h7-8,10,12-13,16,18,22-24H,9,11,14-15H2,1-6H3/t18-,22-,23+,24+,27-,28-,29-,30-,31+/m0/s1. The van der Waals surface area contributed by atoms with Gasteiger partial charge in [-0.1, -0.05) is 33.8 Å². The fraction of sp³-hybridized carbons (Fsp3) is 0.677. The Morgan fingerprint density at radius 1 is 1.12 bits per heavy atom. The van der Waals surface area contributed by atoms with E-state index in [9.17, 15) is 14.4 Å². The summed E-state index contributed by atoms with van der Waals surface area (Å²) in [4.78, 5) is 55.7. The number of esters is 2. The van der Waals surface area contributed by atoms with Crippen LogP contribution in [-0.2, 0) is 38.1 Å². The lowest BCUT2D eigenvalue weighted by Gasteiger charge is -2.66. The average Bonchev–Trinajstić information content (AvgIpc) is 3.17. The highest BCUT2D eigenvalue weighted by Gasteiger charge is 2.93. The normalized spacial score (nSPS) is 47.6. The summed E-state index contributed by atoms with van der Waals surface area (Å²) in [7, 11) is 0. The molecule has 3 aliphatic carbocycles. The van der Waals surface area contributed by atoms with Crippen LogP contribution in [0.15, 0.2) is 35.0 Å². The van der Waals surface area contributed by atoms with Gasteiger partial charge in [0.25, 0.3) is 0 Å². The predicted molar refractivity (Wildman–Crippen MR) is 137 cm³/mol. The molecule has 3 aliphatic heterocycles. The molecule has 0 bridgehead atoms. The van der Waals surface area contributed by atoms with Crippen LogP contribution in [0, 0.1) is 33.5 Å². The molecular weight excluding hydrogens is 516 g/mol. The zero-order chi connectivity index (χ0) is 28.7. The summed E-state index contributed by atoms with van der Waals surface area (Å²) < 4.78 is 30.7. The maximum atomic E-state index is 15.0. The number of hydrogen-bond acceptors (Lipinski definition) is 9. The van der Waals surface area contributed by atoms with Crippen LogP contribution in [0.25, 0.3) is 0 Å². The van der Waals surface area contributed by atoms with Crippen LogP contribution in [-0.4, -0.2) is 53.5 Å². The van der Waals surface area contributed by atoms with Crippen molar-refractivity contribution in [3.05, 3.63) is 36.3 Å². The van der Waals surface area contributed by atoms with Crippen molar-refractivity contribution in [1.29, 1.82) is 0 Å². The van der Waals surface area contributed by atoms with Crippen LogP contribution < -0.4 is 0 Å². The van der Waals surface area contributed by atoms with Gasteiger partial charge in [-0.05, 0) is 56.7 Å². The molecule has 0 N–H and O–H groups in total. The van der Waals surface area contributed by atoms with Gasteiger partial charge in [-0.25, -0.2) is 4.79 Å². The SMILES string of the molecule is CC(C)CC(=O)O[C@@H]1C(=O)[C@]23C(=O)C=C[C@]2(COC3(C)C)[C@H]2CC[C@@]3(C)[C@H](c4ccco4)OC(=O)[C@H]4O[C@]43[C@]12C. The largest absolute Gasteiger partial charge is 0.465 e. The molecule has 9 heteroatoms. The molecule has 5 fully saturated rings. The number of Topliss-reactive ketones (excluding diaryl/α,β-unsaturated/α-hetero) is 1. The highest BCUT2D eigenvalue weighted by Crippen LogP contribution is 2.82. The Bertz CT molecular complexity index is 1370. The Kier molecular flexibility index (Phi) is 4.92. The topological polar surface area (TPSA) is 122 Å². The third kappa shape index (κ3) is 2.51. The molecule has 4 heterocycles. The van der Waals surface area contributed by atoms with Crippen LogP contribution in [0.2, 0.25) is 0 Å². The van der Waals surface area contributed by atoms with Gasteiger partial charge >= 0.3 is 11.9 Å². The lowest BCUT2D eigenvalue weighted by Crippen LogP contribution is -2.78. The summed E-state index contributed by atoms with van der Waals surface area (Å²) in [6.07, 6.45) is 3.15. The number of rotatable bonds is 4. The van der Waals surface area contributed by atoms with Crippen molar-refractivity contribution in [3.8, 4) is 0 Å². The number of carbonyl (C=O) groups is 4. The summed E-state index contributed by atoms with van der Waals surface area (Å²) in [6.45, 7) is 11.5. The van der Waals surface area contributed by atoms with E-state index in [1.54, 1.807) is 26.0 Å². The van der Waals surface area contributed by atoms with Crippen molar-refractivity contribution >= 4 is 23.5 Å². The monoisotopic (exact) mass is 552 g/mol. The summed E-state index contributed by atoms with van der Waals surface area (Å²) in [5.41, 5.74) is -6.79. The molecule has 40 heavy (non-hydrogen) atoms. The van der Waals surface area contributed by atoms with Crippen molar-refractivity contribution < 1.29 is 42.5 Å². The van der Waals surface area contributed by atoms with Gasteiger partial charge in [-0.2, -0.15) is 0 Å². The minimum atomic E-state index is -1.54. The van der Waals surface area contributed by atoms with Crippen LogP contribution >= 0.6 is 0 Å². The number of carbonyl (C=O) groups excluding carboxylic acids is 4. The molecule has 0 radical (unpaired) electrons. The molecule has 9 atom stereocenters. The molecule has 9 nitrogen and oxygen atoms in total. The zero-order valence-corrected chi connectivity index (χ0v) is 23.8. The quantitative estimate of drug-likeness (QED) is 0.311. The summed E-state index contributed by atoms with van der Waals surface area (Å²) in [5.74, 6) is -1.70. The molecule has 0 unspecified atom stereocenters. The molecule has 3 saturated heterocycles. The smallest absolute Gasteiger partial charge is 0.339 e. The number of furan rings is 1. The number of epoxide rings is 1. The van der Waals surface area contributed by atoms with E-state index >= 15 is 4.79 Å². The van der Waals surface area contributed by atoms with E-state index in [4.69, 9.17) is 23.4 Å². The molecule has 1 aromatic heterocycles. The number of hydrogen-bond donors (Lipinski definition) is 0. The lowest BCUT2D eigenvalue weighted by molar-refractivity contribution is -0.245. The van der Waals surface area contributed by atoms with Gasteiger partial charge in [-0.15, -0.1) is 0 Å². The van der Waals surface area contributed by atoms with E-state index in [0.29, 0.717) is 18.6 Å². The Labute approximate surface area is 232 Å². The van der Waals surface area contributed by atoms with Crippen molar-refractivity contribution in [2.75, 3.05) is 6.61 Å². The Balaban J connectivity index is 1.46. The second-order valence-electron chi connectivity index (χ2n) is 14.0. The highest BCUT2D eigenvalue weighted by atomic mass is 16.7. The van der Waals surface area contributed by atoms with E-state index in [1.165, 1.54) is 12.3 Å². The van der Waals surface area contributed by atoms with E-state index in [2.05, 4.69) is 0 Å². The van der Waals surface area contributed by atoms with Crippen LogP contribution in [0.4, 0.5) is 0 Å². The van der Waals surface area contributed by atoms with Crippen molar-refractivity contribution in [2.24, 2.45) is 33.5 Å². The average molecular weight is 553 g/mol. The summed E-state index contributed by atoms with van der Waals surface area (Å²) >= 11 is 0. The summed E-state index contributed by atoms with van der Waals surface area (Å²) in [5, 5.41) is 0. The van der Waals surface area contributed by atoms with Gasteiger partial charge in [0.05, 0.1) is 18.5 Å². The maximum Gasteiger partial charge on any atom is 0.339 e. The third-order valence-electron chi connectivity index (χ3n) is 11.5. The molecule has 0 aromatic carbocycles. The molecule has 0 amide bonds. The van der Waals surface area contributed by atoms with Crippen molar-refractivity contribution in [3.63, 3.8) is 0 Å². The van der Waals surface area contributed by atoms with Crippen LogP contribution in [0.1, 0.15) is 72.7 Å². The predicted octanol–water partition coefficient (Wildman–Crippen LogP) is 3.90. The highest BCUT2D eigenvalue weighted by molar-refractivity contribution is 6.19. The Morgan fingerprint density at radius 3 is 2.55 bits per heavy atom. The molecule has 7 rings (SSSR count). The maximum absolute atomic E-state index is 15.0. The number of allylic oxidation sites excluding steroid dienone is 1. The number of cyclic esters (lactones) is 1. The van der Waals surface area contributed by atoms with Crippen LogP contribution in [0.3, 0.4) is 0 Å². The molecule has 1 spiro atoms. The fourth-order valence-corrected chi connectivity index (χ4v) is 10.0. The summed E-state index contributed by atoms with van der Waals surface area (Å²) in [6, 6.07) is 3.52. The minimum absolute atomic E-state index is 0.000725. The van der Waals surface area contributed by atoms with E-state index in [1.807, 2.05) is 33.8 Å². The Hall–Kier alpha value is -2.78. The van der Waals surface area contributed by atoms with Crippen LogP contribution in [0.5, 0.6) is 0 Å². The molecule has 6 aliphatic rings. The first-order chi connectivity index (χ1) is 18.7. The minimum Gasteiger partial charge on any atom is -0.465 e. The molecule has 1 aromatic rings. The first-order valence-corrected chi connectivity index (χ1v) is 14.3. The van der Waals surface area contributed by atoms with Gasteiger partial charge in [-0.3, -0.25) is 14.4 Å². The van der Waals surface area contributed by atoms with E-state index in [-0.39, 0.29) is 30.6 Å². The molecule has 214 valence electrons. The van der Waals surface area contributed by atoms with E-state index in [0.717, 1.165) is 0 Å². The lowest BCUT2D eigenvalue weighted by atomic mass is 9.34. The van der Waals surface area contributed by atoms with Crippen molar-refractivity contribution in [2.45, 2.75) is 90.3 Å². The van der Waals surface area contributed by atoms with Gasteiger partial charge in [0.1, 0.15) is 16.8 Å². The van der Waals surface area contributed by atoms with Gasteiger partial charge < -0.3 is 23.4 Å². The van der Waals surface area contributed by atoms with Gasteiger partial charge in [0.2, 0.25) is 0 Å². The number of ether oxygens (including phenoxy) is 4. The number of fused-ring (bicyclic) bond motifs is 1. The third-order valence-corrected chi connectivity index (χ3v) is 11.5. The van der Waals surface area contributed by atoms with Gasteiger partial charge in [0, 0.05) is 22.7 Å².